The van der Waals surface area contributed by atoms with E-state index < -0.39 is 0 Å². The van der Waals surface area contributed by atoms with E-state index in [0.29, 0.717) is 20.6 Å². The van der Waals surface area contributed by atoms with E-state index in [1.165, 1.54) is 11.8 Å². The number of aromatic nitrogens is 2. The van der Waals surface area contributed by atoms with Crippen molar-refractivity contribution in [1.29, 1.82) is 0 Å². The topological polar surface area (TPSA) is 25.8 Å². The monoisotopic (exact) mass is 324 g/mol. The van der Waals surface area contributed by atoms with Crippen LogP contribution in [0.1, 0.15) is 0 Å². The first-order valence-corrected chi connectivity index (χ1v) is 6.71. The number of nitrogens with zero attached hydrogens (tertiary/aromatic N) is 2. The Labute approximate surface area is 122 Å². The van der Waals surface area contributed by atoms with Gasteiger partial charge >= 0.3 is 0 Å². The van der Waals surface area contributed by atoms with Gasteiger partial charge in [-0.15, -0.1) is 0 Å². The first-order chi connectivity index (χ1) is 8.06. The molecule has 0 radical (unpaired) electrons. The second kappa shape index (κ2) is 5.63. The Morgan fingerprint density at radius 3 is 1.47 bits per heavy atom. The van der Waals surface area contributed by atoms with Crippen molar-refractivity contribution in [2.75, 3.05) is 0 Å². The lowest BCUT2D eigenvalue weighted by Gasteiger charge is -2.05. The molecule has 0 atom stereocenters. The standard InChI is InChI=1S/C10H4Cl4N2S/c11-7-3-1-5(9(13)15-7)17-6-2-4-8(12)16-10(6)14/h1-4H. The normalized spacial score (nSPS) is 10.6. The molecule has 0 aliphatic rings. The molecule has 17 heavy (non-hydrogen) atoms. The molecule has 0 unspecified atom stereocenters. The highest BCUT2D eigenvalue weighted by atomic mass is 35.5. The molecule has 0 aliphatic heterocycles. The van der Waals surface area contributed by atoms with E-state index in [1.54, 1.807) is 24.3 Å². The molecule has 0 bridgehead atoms. The molecule has 0 saturated heterocycles. The number of hydrogen-bond donors (Lipinski definition) is 0. The van der Waals surface area contributed by atoms with Crippen molar-refractivity contribution >= 4 is 58.2 Å². The summed E-state index contributed by atoms with van der Waals surface area (Å²) in [6.45, 7) is 0. The molecule has 2 heterocycles. The molecule has 0 saturated carbocycles. The molecular weight excluding hydrogens is 322 g/mol. The van der Waals surface area contributed by atoms with Gasteiger partial charge in [0, 0.05) is 9.79 Å². The van der Waals surface area contributed by atoms with Crippen molar-refractivity contribution in [1.82, 2.24) is 9.97 Å². The fourth-order valence-electron chi connectivity index (χ4n) is 1.07. The lowest BCUT2D eigenvalue weighted by molar-refractivity contribution is 1.21. The van der Waals surface area contributed by atoms with E-state index in [4.69, 9.17) is 46.4 Å². The van der Waals surface area contributed by atoms with Crippen LogP contribution >= 0.6 is 58.2 Å². The fraction of sp³-hybridized carbons (Fsp3) is 0. The van der Waals surface area contributed by atoms with Gasteiger partial charge in [0.2, 0.25) is 0 Å². The van der Waals surface area contributed by atoms with Gasteiger partial charge in [0.15, 0.2) is 0 Å². The Morgan fingerprint density at radius 2 is 1.12 bits per heavy atom. The average molecular weight is 326 g/mol. The Bertz CT molecular complexity index is 512. The van der Waals surface area contributed by atoms with E-state index in [9.17, 15) is 0 Å². The van der Waals surface area contributed by atoms with Crippen LogP contribution in [0.3, 0.4) is 0 Å². The number of halogens is 4. The highest BCUT2D eigenvalue weighted by Gasteiger charge is 2.09. The number of hydrogen-bond acceptors (Lipinski definition) is 3. The van der Waals surface area contributed by atoms with Gasteiger partial charge in [-0.1, -0.05) is 58.2 Å². The van der Waals surface area contributed by atoms with E-state index in [2.05, 4.69) is 9.97 Å². The molecule has 2 aromatic heterocycles. The maximum absolute atomic E-state index is 5.96. The maximum Gasteiger partial charge on any atom is 0.144 e. The van der Waals surface area contributed by atoms with Gasteiger partial charge < -0.3 is 0 Å². The van der Waals surface area contributed by atoms with Gasteiger partial charge in [0.25, 0.3) is 0 Å². The molecule has 0 amide bonds. The zero-order valence-electron chi connectivity index (χ0n) is 8.12. The molecule has 2 aromatic rings. The smallest absolute Gasteiger partial charge is 0.144 e. The summed E-state index contributed by atoms with van der Waals surface area (Å²) in [5.74, 6) is 0. The minimum atomic E-state index is 0.327. The summed E-state index contributed by atoms with van der Waals surface area (Å²) in [4.78, 5) is 9.38. The van der Waals surface area contributed by atoms with Crippen molar-refractivity contribution in [3.05, 3.63) is 44.9 Å². The molecule has 88 valence electrons. The van der Waals surface area contributed by atoms with Crippen LogP contribution in [0.2, 0.25) is 20.6 Å². The van der Waals surface area contributed by atoms with E-state index >= 15 is 0 Å². The average Bonchev–Trinajstić information content (AvgIpc) is 2.25. The Balaban J connectivity index is 2.31. The highest BCUT2D eigenvalue weighted by Crippen LogP contribution is 2.36. The minimum Gasteiger partial charge on any atom is -0.223 e. The Kier molecular flexibility index (Phi) is 4.39. The summed E-state index contributed by atoms with van der Waals surface area (Å²) >= 11 is 24.7. The van der Waals surface area contributed by atoms with Crippen LogP contribution in [-0.4, -0.2) is 9.97 Å². The largest absolute Gasteiger partial charge is 0.223 e. The van der Waals surface area contributed by atoms with Crippen molar-refractivity contribution in [3.63, 3.8) is 0 Å². The highest BCUT2D eigenvalue weighted by molar-refractivity contribution is 7.99. The van der Waals surface area contributed by atoms with Crippen molar-refractivity contribution < 1.29 is 0 Å². The molecule has 2 nitrogen and oxygen atoms in total. The summed E-state index contributed by atoms with van der Waals surface area (Å²) in [6.07, 6.45) is 0. The summed E-state index contributed by atoms with van der Waals surface area (Å²) in [6, 6.07) is 6.86. The summed E-state index contributed by atoms with van der Waals surface area (Å²) < 4.78 is 0. The van der Waals surface area contributed by atoms with Gasteiger partial charge in [0.05, 0.1) is 0 Å². The third-order valence-corrected chi connectivity index (χ3v) is 4.10. The van der Waals surface area contributed by atoms with Crippen LogP contribution in [0.4, 0.5) is 0 Å². The number of pyridine rings is 2. The Hall–Kier alpha value is -0.190. The van der Waals surface area contributed by atoms with E-state index in [0.717, 1.165) is 9.79 Å². The van der Waals surface area contributed by atoms with Gasteiger partial charge in [0.1, 0.15) is 20.6 Å². The molecule has 0 spiro atoms. The van der Waals surface area contributed by atoms with Crippen LogP contribution in [0.25, 0.3) is 0 Å². The van der Waals surface area contributed by atoms with Crippen molar-refractivity contribution in [2.24, 2.45) is 0 Å². The first-order valence-electron chi connectivity index (χ1n) is 4.38. The van der Waals surface area contributed by atoms with Gasteiger partial charge in [-0.3, -0.25) is 0 Å². The van der Waals surface area contributed by atoms with Crippen LogP contribution in [-0.2, 0) is 0 Å². The third kappa shape index (κ3) is 3.39. The van der Waals surface area contributed by atoms with Crippen molar-refractivity contribution in [3.8, 4) is 0 Å². The van der Waals surface area contributed by atoms with Crippen molar-refractivity contribution in [2.45, 2.75) is 9.79 Å². The third-order valence-electron chi connectivity index (χ3n) is 1.78. The fourth-order valence-corrected chi connectivity index (χ4v) is 2.76. The molecule has 2 rings (SSSR count). The Morgan fingerprint density at radius 1 is 0.706 bits per heavy atom. The second-order valence-electron chi connectivity index (χ2n) is 2.95. The molecule has 0 N–H and O–H groups in total. The predicted octanol–water partition coefficient (Wildman–Crippen LogP) is 5.24. The SMILES string of the molecule is Clc1ccc(Sc2ccc(Cl)nc2Cl)c(Cl)n1. The molecule has 7 heteroatoms. The van der Waals surface area contributed by atoms with Crippen LogP contribution in [0.5, 0.6) is 0 Å². The zero-order chi connectivity index (χ0) is 12.4. The lowest BCUT2D eigenvalue weighted by Crippen LogP contribution is -1.84. The molecule has 0 aromatic carbocycles. The summed E-state index contributed by atoms with van der Waals surface area (Å²) in [5, 5.41) is 1.35. The van der Waals surface area contributed by atoms with Crippen LogP contribution < -0.4 is 0 Å². The minimum absolute atomic E-state index is 0.327. The second-order valence-corrected chi connectivity index (χ2v) is 5.52. The van der Waals surface area contributed by atoms with Gasteiger partial charge in [-0.2, -0.15) is 0 Å². The maximum atomic E-state index is 5.96. The molecule has 0 aliphatic carbocycles. The number of rotatable bonds is 2. The van der Waals surface area contributed by atoms with Gasteiger partial charge in [-0.05, 0) is 24.3 Å². The lowest BCUT2D eigenvalue weighted by atomic mass is 10.5. The predicted molar refractivity (Wildman–Crippen MR) is 72.6 cm³/mol. The first kappa shape index (κ1) is 13.2. The van der Waals surface area contributed by atoms with Gasteiger partial charge in [-0.25, -0.2) is 9.97 Å². The van der Waals surface area contributed by atoms with Crippen LogP contribution in [0, 0.1) is 0 Å². The zero-order valence-corrected chi connectivity index (χ0v) is 12.0. The summed E-state index contributed by atoms with van der Waals surface area (Å²) in [7, 11) is 0. The quantitative estimate of drug-likeness (QED) is 0.706. The summed E-state index contributed by atoms with van der Waals surface area (Å²) in [5.41, 5.74) is 0. The van der Waals surface area contributed by atoms with Crippen LogP contribution in [0.15, 0.2) is 34.1 Å². The van der Waals surface area contributed by atoms with E-state index in [-0.39, 0.29) is 0 Å². The molecular formula is C10H4Cl4N2S. The van der Waals surface area contributed by atoms with E-state index in [1.807, 2.05) is 0 Å². The molecule has 0 fully saturated rings.